The molecule has 3 aliphatic rings. The maximum atomic E-state index is 14.0. The molecule has 0 radical (unpaired) electrons. The lowest BCUT2D eigenvalue weighted by Crippen LogP contribution is -2.59. The molecule has 3 heterocycles. The van der Waals surface area contributed by atoms with Gasteiger partial charge in [0.1, 0.15) is 11.6 Å². The largest absolute Gasteiger partial charge is 0.394 e. The van der Waals surface area contributed by atoms with Gasteiger partial charge in [0, 0.05) is 12.6 Å². The number of hydrogen-bond acceptors (Lipinski definition) is 5. The van der Waals surface area contributed by atoms with E-state index in [1.165, 1.54) is 4.90 Å². The molecule has 192 valence electrons. The van der Waals surface area contributed by atoms with Crippen molar-refractivity contribution >= 4 is 17.7 Å². The van der Waals surface area contributed by atoms with Crippen molar-refractivity contribution in [1.29, 1.82) is 0 Å². The van der Waals surface area contributed by atoms with Crippen molar-refractivity contribution < 1.29 is 24.2 Å². The Morgan fingerprint density at radius 3 is 2.54 bits per heavy atom. The Balaban J connectivity index is 1.66. The van der Waals surface area contributed by atoms with Gasteiger partial charge in [0.2, 0.25) is 17.7 Å². The summed E-state index contributed by atoms with van der Waals surface area (Å²) in [5, 5.41) is 16.2. The van der Waals surface area contributed by atoms with Gasteiger partial charge in [-0.2, -0.15) is 0 Å². The molecule has 7 atom stereocenters. The van der Waals surface area contributed by atoms with Crippen molar-refractivity contribution in [3.8, 4) is 0 Å². The van der Waals surface area contributed by atoms with Gasteiger partial charge in [0.15, 0.2) is 0 Å². The van der Waals surface area contributed by atoms with E-state index in [0.29, 0.717) is 25.8 Å². The number of ether oxygens (including phenoxy) is 1. The molecule has 1 aromatic carbocycles. The van der Waals surface area contributed by atoms with E-state index in [4.69, 9.17) is 4.74 Å². The molecule has 0 aromatic heterocycles. The van der Waals surface area contributed by atoms with Crippen LogP contribution in [0.1, 0.15) is 65.4 Å². The fourth-order valence-corrected chi connectivity index (χ4v) is 6.59. The first-order chi connectivity index (χ1) is 16.7. The van der Waals surface area contributed by atoms with Crippen LogP contribution in [0, 0.1) is 11.8 Å². The second kappa shape index (κ2) is 9.90. The zero-order valence-corrected chi connectivity index (χ0v) is 21.3. The Labute approximate surface area is 207 Å². The lowest BCUT2D eigenvalue weighted by Gasteiger charge is -2.37. The molecule has 1 aromatic rings. The van der Waals surface area contributed by atoms with E-state index in [0.717, 1.165) is 18.4 Å². The number of fused-ring (bicyclic) bond motifs is 1. The molecule has 8 heteroatoms. The normalized spacial score (nSPS) is 32.9. The van der Waals surface area contributed by atoms with Crippen LogP contribution in [0.5, 0.6) is 0 Å². The zero-order valence-electron chi connectivity index (χ0n) is 21.3. The fourth-order valence-electron chi connectivity index (χ4n) is 6.59. The first kappa shape index (κ1) is 25.6. The van der Waals surface area contributed by atoms with Crippen molar-refractivity contribution in [1.82, 2.24) is 15.5 Å². The molecule has 4 rings (SSSR count). The lowest BCUT2D eigenvalue weighted by molar-refractivity contribution is -0.150. The van der Waals surface area contributed by atoms with Crippen LogP contribution in [0.4, 0.5) is 0 Å². The summed E-state index contributed by atoms with van der Waals surface area (Å²) < 4.78 is 6.61. The van der Waals surface area contributed by atoms with Crippen LogP contribution in [0.2, 0.25) is 0 Å². The number of aliphatic hydroxyl groups excluding tert-OH is 1. The number of carbonyl (C=O) groups is 3. The third-order valence-corrected chi connectivity index (χ3v) is 8.24. The van der Waals surface area contributed by atoms with Crippen LogP contribution in [0.25, 0.3) is 0 Å². The molecule has 3 unspecified atom stereocenters. The monoisotopic (exact) mass is 485 g/mol. The summed E-state index contributed by atoms with van der Waals surface area (Å²) in [6.45, 7) is 7.90. The minimum atomic E-state index is -1.07. The van der Waals surface area contributed by atoms with Crippen molar-refractivity contribution in [3.63, 3.8) is 0 Å². The third kappa shape index (κ3) is 4.25. The Bertz CT molecular complexity index is 951. The Kier molecular flexibility index (Phi) is 7.25. The summed E-state index contributed by atoms with van der Waals surface area (Å²) in [6.07, 6.45) is 3.37. The van der Waals surface area contributed by atoms with E-state index < -0.39 is 35.1 Å². The molecular formula is C27H39N3O5. The first-order valence-electron chi connectivity index (χ1n) is 13.0. The SMILES string of the molecule is CCCC(C)NC(=O)C1N([C@@H](CC)CO)C(=O)[C@@H]2[C@H](C(=O)NCc3ccccc3)[C@]3(C)CCC12O3. The van der Waals surface area contributed by atoms with Crippen molar-refractivity contribution in [2.24, 2.45) is 11.8 Å². The highest BCUT2D eigenvalue weighted by atomic mass is 16.5. The van der Waals surface area contributed by atoms with E-state index in [2.05, 4.69) is 17.6 Å². The number of hydrogen-bond donors (Lipinski definition) is 3. The molecule has 3 fully saturated rings. The molecule has 3 saturated heterocycles. The number of nitrogens with zero attached hydrogens (tertiary/aromatic N) is 1. The van der Waals surface area contributed by atoms with Crippen LogP contribution >= 0.6 is 0 Å². The minimum absolute atomic E-state index is 0.0479. The maximum Gasteiger partial charge on any atom is 0.246 e. The molecule has 0 aliphatic carbocycles. The van der Waals surface area contributed by atoms with Gasteiger partial charge >= 0.3 is 0 Å². The minimum Gasteiger partial charge on any atom is -0.394 e. The van der Waals surface area contributed by atoms with Crippen molar-refractivity contribution in [2.75, 3.05) is 6.61 Å². The van der Waals surface area contributed by atoms with Gasteiger partial charge in [-0.15, -0.1) is 0 Å². The van der Waals surface area contributed by atoms with Crippen LogP contribution in [0.15, 0.2) is 30.3 Å². The molecule has 3 N–H and O–H groups in total. The average molecular weight is 486 g/mol. The number of benzene rings is 1. The van der Waals surface area contributed by atoms with E-state index in [-0.39, 0.29) is 30.4 Å². The van der Waals surface area contributed by atoms with Gasteiger partial charge in [-0.3, -0.25) is 14.4 Å². The number of aliphatic hydroxyl groups is 1. The van der Waals surface area contributed by atoms with Crippen LogP contribution < -0.4 is 10.6 Å². The summed E-state index contributed by atoms with van der Waals surface area (Å²) in [6, 6.07) is 8.20. The van der Waals surface area contributed by atoms with E-state index in [1.807, 2.05) is 51.1 Å². The lowest BCUT2D eigenvalue weighted by atomic mass is 9.66. The number of likely N-dealkylation sites (tertiary alicyclic amines) is 1. The highest BCUT2D eigenvalue weighted by Crippen LogP contribution is 2.63. The van der Waals surface area contributed by atoms with Gasteiger partial charge in [-0.25, -0.2) is 0 Å². The standard InChI is InChI=1S/C27H39N3O5/c1-5-10-17(3)29-24(33)22-27-14-13-26(4,35-27)20(21(27)25(34)30(22)19(6-2)16-31)23(32)28-15-18-11-8-7-9-12-18/h7-9,11-12,17,19-22,31H,5-6,10,13-16H2,1-4H3,(H,28,32)(H,29,33)/t17?,19-,20+,21-,22?,26-,27?/m0/s1. The Hall–Kier alpha value is -2.45. The van der Waals surface area contributed by atoms with E-state index in [1.54, 1.807) is 0 Å². The summed E-state index contributed by atoms with van der Waals surface area (Å²) >= 11 is 0. The molecule has 35 heavy (non-hydrogen) atoms. The number of amides is 3. The first-order valence-corrected chi connectivity index (χ1v) is 13.0. The topological polar surface area (TPSA) is 108 Å². The van der Waals surface area contributed by atoms with Crippen LogP contribution in [0.3, 0.4) is 0 Å². The molecule has 3 amide bonds. The molecule has 0 saturated carbocycles. The highest BCUT2D eigenvalue weighted by molar-refractivity contribution is 5.99. The molecule has 1 spiro atoms. The number of rotatable bonds is 10. The predicted octanol–water partition coefficient (Wildman–Crippen LogP) is 2.14. The van der Waals surface area contributed by atoms with Gasteiger partial charge in [-0.1, -0.05) is 50.6 Å². The molecular weight excluding hydrogens is 446 g/mol. The zero-order chi connectivity index (χ0) is 25.4. The number of nitrogens with one attached hydrogen (secondary N) is 2. The molecule has 8 nitrogen and oxygen atoms in total. The van der Waals surface area contributed by atoms with Crippen LogP contribution in [-0.4, -0.2) is 63.7 Å². The molecule has 2 bridgehead atoms. The summed E-state index contributed by atoms with van der Waals surface area (Å²) in [5.74, 6) is -2.21. The van der Waals surface area contributed by atoms with E-state index >= 15 is 0 Å². The maximum absolute atomic E-state index is 14.0. The Morgan fingerprint density at radius 2 is 1.91 bits per heavy atom. The summed E-state index contributed by atoms with van der Waals surface area (Å²) in [4.78, 5) is 42.7. The fraction of sp³-hybridized carbons (Fsp3) is 0.667. The van der Waals surface area contributed by atoms with Crippen LogP contribution in [-0.2, 0) is 25.7 Å². The van der Waals surface area contributed by atoms with E-state index in [9.17, 15) is 19.5 Å². The second-order valence-electron chi connectivity index (χ2n) is 10.6. The smallest absolute Gasteiger partial charge is 0.246 e. The van der Waals surface area contributed by atoms with Gasteiger partial charge < -0.3 is 25.4 Å². The highest BCUT2D eigenvalue weighted by Gasteiger charge is 2.78. The second-order valence-corrected chi connectivity index (χ2v) is 10.6. The number of carbonyl (C=O) groups excluding carboxylic acids is 3. The third-order valence-electron chi connectivity index (χ3n) is 8.24. The quantitative estimate of drug-likeness (QED) is 0.471. The summed E-state index contributed by atoms with van der Waals surface area (Å²) in [5.41, 5.74) is -0.918. The molecule has 3 aliphatic heterocycles. The average Bonchev–Trinajstić information content (AvgIpc) is 3.40. The van der Waals surface area contributed by atoms with Gasteiger partial charge in [-0.05, 0) is 45.1 Å². The summed E-state index contributed by atoms with van der Waals surface area (Å²) in [7, 11) is 0. The van der Waals surface area contributed by atoms with Gasteiger partial charge in [0.25, 0.3) is 0 Å². The Morgan fingerprint density at radius 1 is 1.20 bits per heavy atom. The van der Waals surface area contributed by atoms with Crippen molar-refractivity contribution in [2.45, 2.75) is 95.7 Å². The van der Waals surface area contributed by atoms with Gasteiger partial charge in [0.05, 0.1) is 30.1 Å². The predicted molar refractivity (Wildman–Crippen MR) is 131 cm³/mol. The van der Waals surface area contributed by atoms with Crippen molar-refractivity contribution in [3.05, 3.63) is 35.9 Å².